The topological polar surface area (TPSA) is 57.4 Å². The molecule has 6 nitrogen and oxygen atoms in total. The van der Waals surface area contributed by atoms with Gasteiger partial charge in [-0.1, -0.05) is 0 Å². The van der Waals surface area contributed by atoms with Crippen molar-refractivity contribution in [1.29, 1.82) is 5.41 Å². The second kappa shape index (κ2) is 6.08. The standard InChI is InChI=1S/C12H20IN5O/c1-4-18-11(16(2)3)9(15-12(18)13)10(14)17-5-7-19-8-6-17/h14H,4-8H2,1-3H3. The third kappa shape index (κ3) is 2.86. The van der Waals surface area contributed by atoms with Crippen LogP contribution in [0.5, 0.6) is 0 Å². The highest BCUT2D eigenvalue weighted by atomic mass is 127. The summed E-state index contributed by atoms with van der Waals surface area (Å²) in [5, 5.41) is 8.41. The summed E-state index contributed by atoms with van der Waals surface area (Å²) in [6.45, 7) is 5.85. The van der Waals surface area contributed by atoms with Crippen LogP contribution in [0.25, 0.3) is 0 Å². The summed E-state index contributed by atoms with van der Waals surface area (Å²) in [6.07, 6.45) is 0. The van der Waals surface area contributed by atoms with Crippen LogP contribution < -0.4 is 4.90 Å². The van der Waals surface area contributed by atoms with Crippen molar-refractivity contribution in [3.05, 3.63) is 9.53 Å². The molecule has 0 atom stereocenters. The lowest BCUT2D eigenvalue weighted by atomic mass is 10.3. The SMILES string of the molecule is CCn1c(I)nc(C(=N)N2CCOCC2)c1N(C)C. The molecule has 0 spiro atoms. The van der Waals surface area contributed by atoms with Gasteiger partial charge >= 0.3 is 0 Å². The molecule has 1 aromatic heterocycles. The molecule has 1 saturated heterocycles. The van der Waals surface area contributed by atoms with E-state index in [1.165, 1.54) is 0 Å². The molecule has 2 rings (SSSR count). The Morgan fingerprint density at radius 2 is 2.05 bits per heavy atom. The second-order valence-electron chi connectivity index (χ2n) is 4.64. The third-order valence-electron chi connectivity index (χ3n) is 3.19. The number of morpholine rings is 1. The number of aromatic nitrogens is 2. The van der Waals surface area contributed by atoms with Gasteiger partial charge in [-0.3, -0.25) is 5.41 Å². The van der Waals surface area contributed by atoms with E-state index in [1.807, 2.05) is 23.9 Å². The highest BCUT2D eigenvalue weighted by molar-refractivity contribution is 14.1. The molecule has 1 aliphatic rings. The molecular weight excluding hydrogens is 357 g/mol. The minimum absolute atomic E-state index is 0.497. The van der Waals surface area contributed by atoms with Gasteiger partial charge in [-0.2, -0.15) is 0 Å². The molecule has 0 amide bonds. The molecule has 0 aromatic carbocycles. The normalized spacial score (nSPS) is 15.7. The summed E-state index contributed by atoms with van der Waals surface area (Å²) in [6, 6.07) is 0. The van der Waals surface area contributed by atoms with Gasteiger partial charge in [-0.05, 0) is 6.92 Å². The minimum Gasteiger partial charge on any atom is -0.378 e. The number of nitrogens with one attached hydrogen (secondary N) is 1. The van der Waals surface area contributed by atoms with Crippen LogP contribution in [0.4, 0.5) is 5.82 Å². The van der Waals surface area contributed by atoms with E-state index >= 15 is 0 Å². The number of hydrogen-bond acceptors (Lipinski definition) is 4. The number of amidine groups is 1. The number of hydrogen-bond donors (Lipinski definition) is 1. The van der Waals surface area contributed by atoms with Crippen molar-refractivity contribution < 1.29 is 4.74 Å². The minimum atomic E-state index is 0.497. The number of nitrogens with zero attached hydrogens (tertiary/aromatic N) is 4. The lowest BCUT2D eigenvalue weighted by Gasteiger charge is -2.29. The molecule has 2 heterocycles. The van der Waals surface area contributed by atoms with Gasteiger partial charge in [0.25, 0.3) is 0 Å². The fourth-order valence-electron chi connectivity index (χ4n) is 2.25. The van der Waals surface area contributed by atoms with Crippen LogP contribution in [0.3, 0.4) is 0 Å². The highest BCUT2D eigenvalue weighted by Gasteiger charge is 2.24. The average molecular weight is 377 g/mol. The Morgan fingerprint density at radius 1 is 1.42 bits per heavy atom. The Kier molecular flexibility index (Phi) is 4.67. The number of anilines is 1. The summed E-state index contributed by atoms with van der Waals surface area (Å²) in [5.74, 6) is 1.50. The summed E-state index contributed by atoms with van der Waals surface area (Å²) in [5.41, 5.74) is 0.762. The Bertz CT molecular complexity index is 465. The molecule has 106 valence electrons. The molecule has 7 heteroatoms. The van der Waals surface area contributed by atoms with E-state index in [4.69, 9.17) is 10.1 Å². The van der Waals surface area contributed by atoms with Crippen molar-refractivity contribution in [3.63, 3.8) is 0 Å². The maximum Gasteiger partial charge on any atom is 0.173 e. The molecule has 0 bridgehead atoms. The number of imidazole rings is 1. The fraction of sp³-hybridized carbons (Fsp3) is 0.667. The van der Waals surface area contributed by atoms with Crippen LogP contribution in [-0.4, -0.2) is 60.7 Å². The molecular formula is C12H20IN5O. The van der Waals surface area contributed by atoms with Gasteiger partial charge in [0, 0.05) is 56.3 Å². The van der Waals surface area contributed by atoms with Crippen molar-refractivity contribution in [3.8, 4) is 0 Å². The predicted octanol–water partition coefficient (Wildman–Crippen LogP) is 1.23. The molecule has 1 fully saturated rings. The Labute approximate surface area is 127 Å². The quantitative estimate of drug-likeness (QED) is 0.489. The molecule has 1 aromatic rings. The van der Waals surface area contributed by atoms with Gasteiger partial charge < -0.3 is 19.1 Å². The summed E-state index contributed by atoms with van der Waals surface area (Å²) < 4.78 is 8.40. The van der Waals surface area contributed by atoms with E-state index in [1.54, 1.807) is 0 Å². The van der Waals surface area contributed by atoms with E-state index in [9.17, 15) is 0 Å². The van der Waals surface area contributed by atoms with Crippen LogP contribution in [-0.2, 0) is 11.3 Å². The average Bonchev–Trinajstić information content (AvgIpc) is 2.75. The van der Waals surface area contributed by atoms with E-state index in [0.29, 0.717) is 19.0 Å². The molecule has 0 radical (unpaired) electrons. The molecule has 1 aliphatic heterocycles. The van der Waals surface area contributed by atoms with E-state index in [2.05, 4.69) is 39.1 Å². The monoisotopic (exact) mass is 377 g/mol. The van der Waals surface area contributed by atoms with Crippen LogP contribution in [0, 0.1) is 9.24 Å². The molecule has 0 saturated carbocycles. The van der Waals surface area contributed by atoms with Crippen LogP contribution >= 0.6 is 22.6 Å². The maximum absolute atomic E-state index is 8.41. The zero-order valence-corrected chi connectivity index (χ0v) is 13.8. The first-order valence-electron chi connectivity index (χ1n) is 6.41. The first-order valence-corrected chi connectivity index (χ1v) is 7.49. The first kappa shape index (κ1) is 14.6. The Morgan fingerprint density at radius 3 is 2.58 bits per heavy atom. The second-order valence-corrected chi connectivity index (χ2v) is 5.60. The summed E-state index contributed by atoms with van der Waals surface area (Å²) in [7, 11) is 3.99. The van der Waals surface area contributed by atoms with Gasteiger partial charge in [0.2, 0.25) is 0 Å². The predicted molar refractivity (Wildman–Crippen MR) is 84.2 cm³/mol. The number of ether oxygens (including phenoxy) is 1. The van der Waals surface area contributed by atoms with Gasteiger partial charge in [0.05, 0.1) is 13.2 Å². The smallest absolute Gasteiger partial charge is 0.173 e. The summed E-state index contributed by atoms with van der Waals surface area (Å²) in [4.78, 5) is 8.65. The fourth-order valence-corrected chi connectivity index (χ4v) is 3.06. The first-order chi connectivity index (χ1) is 9.06. The van der Waals surface area contributed by atoms with Crippen LogP contribution in [0.1, 0.15) is 12.6 Å². The van der Waals surface area contributed by atoms with Crippen molar-refractivity contribution in [2.24, 2.45) is 0 Å². The Hall–Kier alpha value is -0.830. The molecule has 19 heavy (non-hydrogen) atoms. The van der Waals surface area contributed by atoms with Gasteiger partial charge in [-0.15, -0.1) is 0 Å². The van der Waals surface area contributed by atoms with Crippen molar-refractivity contribution in [2.75, 3.05) is 45.3 Å². The lowest BCUT2D eigenvalue weighted by Crippen LogP contribution is -2.41. The van der Waals surface area contributed by atoms with Gasteiger partial charge in [0.1, 0.15) is 11.5 Å². The molecule has 0 aliphatic carbocycles. The van der Waals surface area contributed by atoms with E-state index < -0.39 is 0 Å². The zero-order valence-electron chi connectivity index (χ0n) is 11.6. The van der Waals surface area contributed by atoms with Crippen LogP contribution in [0.15, 0.2) is 0 Å². The maximum atomic E-state index is 8.41. The lowest BCUT2D eigenvalue weighted by molar-refractivity contribution is 0.0679. The van der Waals surface area contributed by atoms with Crippen molar-refractivity contribution in [1.82, 2.24) is 14.5 Å². The van der Waals surface area contributed by atoms with E-state index in [0.717, 1.165) is 35.0 Å². The van der Waals surface area contributed by atoms with Gasteiger partial charge in [-0.25, -0.2) is 4.98 Å². The van der Waals surface area contributed by atoms with Gasteiger partial charge in [0.15, 0.2) is 9.67 Å². The molecule has 0 unspecified atom stereocenters. The number of halogens is 1. The zero-order chi connectivity index (χ0) is 14.0. The molecule has 1 N–H and O–H groups in total. The van der Waals surface area contributed by atoms with E-state index in [-0.39, 0.29) is 0 Å². The summed E-state index contributed by atoms with van der Waals surface area (Å²) >= 11 is 2.23. The van der Waals surface area contributed by atoms with Crippen molar-refractivity contribution in [2.45, 2.75) is 13.5 Å². The van der Waals surface area contributed by atoms with Crippen LogP contribution in [0.2, 0.25) is 0 Å². The highest BCUT2D eigenvalue weighted by Crippen LogP contribution is 2.23. The van der Waals surface area contributed by atoms with Crippen molar-refractivity contribution >= 4 is 34.2 Å². The third-order valence-corrected chi connectivity index (χ3v) is 4.01. The number of rotatable bonds is 3. The Balaban J connectivity index is 2.35. The largest absolute Gasteiger partial charge is 0.378 e.